The molecule has 0 amide bonds. The third-order valence-corrected chi connectivity index (χ3v) is 4.10. The summed E-state index contributed by atoms with van der Waals surface area (Å²) in [6, 6.07) is 9.98. The number of pyridine rings is 1. The van der Waals surface area contributed by atoms with Crippen molar-refractivity contribution in [2.24, 2.45) is 7.05 Å². The Morgan fingerprint density at radius 1 is 1.12 bits per heavy atom. The minimum atomic E-state index is -0.546. The second kappa shape index (κ2) is 8.71. The number of fused-ring (bicyclic) bond motifs is 1. The van der Waals surface area contributed by atoms with Crippen LogP contribution in [0.2, 0.25) is 0 Å². The first kappa shape index (κ1) is 20.5. The molecule has 0 bridgehead atoms. The molecule has 3 aromatic rings. The van der Waals surface area contributed by atoms with Gasteiger partial charge in [0, 0.05) is 18.8 Å². The van der Waals surface area contributed by atoms with Crippen LogP contribution in [0.15, 0.2) is 47.4 Å². The third-order valence-electron chi connectivity index (χ3n) is 4.10. The van der Waals surface area contributed by atoms with Crippen LogP contribution in [0.1, 0.15) is 13.3 Å². The predicted octanol–water partition coefficient (Wildman–Crippen LogP) is 3.49. The molecule has 26 heavy (non-hydrogen) atoms. The molecule has 3 rings (SSSR count). The van der Waals surface area contributed by atoms with E-state index in [9.17, 15) is 9.18 Å². The van der Waals surface area contributed by atoms with Gasteiger partial charge in [0.25, 0.3) is 0 Å². The summed E-state index contributed by atoms with van der Waals surface area (Å²) >= 11 is 0. The van der Waals surface area contributed by atoms with Crippen molar-refractivity contribution >= 4 is 40.5 Å². The van der Waals surface area contributed by atoms with Crippen LogP contribution in [-0.4, -0.2) is 47.8 Å². The summed E-state index contributed by atoms with van der Waals surface area (Å²) in [5.74, 6) is 0.664. The van der Waals surface area contributed by atoms with Crippen molar-refractivity contribution in [2.45, 2.75) is 13.3 Å². The fourth-order valence-electron chi connectivity index (χ4n) is 2.87. The standard InChI is InChI=1S/C20H20FNO3.Na.H/c1-4-11-25-17-10-9-16(21)18-19(17)22(2)12-15(20(18)23)13-5-7-14(24-3)8-6-13;;/h5-10,12H,4,11H2,1-3H3;;. The topological polar surface area (TPSA) is 40.5 Å². The molecular weight excluding hydrogens is 344 g/mol. The summed E-state index contributed by atoms with van der Waals surface area (Å²) in [5, 5.41) is 0.0458. The van der Waals surface area contributed by atoms with Crippen molar-refractivity contribution in [3.8, 4) is 22.6 Å². The maximum atomic E-state index is 14.5. The van der Waals surface area contributed by atoms with Crippen LogP contribution in [0.5, 0.6) is 11.5 Å². The average Bonchev–Trinajstić information content (AvgIpc) is 2.63. The molecule has 0 fully saturated rings. The van der Waals surface area contributed by atoms with E-state index in [4.69, 9.17) is 9.47 Å². The van der Waals surface area contributed by atoms with Gasteiger partial charge in [-0.05, 0) is 36.2 Å². The van der Waals surface area contributed by atoms with Crippen LogP contribution in [0, 0.1) is 5.82 Å². The number of benzene rings is 2. The Morgan fingerprint density at radius 2 is 1.81 bits per heavy atom. The molecule has 6 heteroatoms. The molecule has 1 heterocycles. The molecule has 0 saturated heterocycles. The van der Waals surface area contributed by atoms with Crippen LogP contribution >= 0.6 is 0 Å². The molecule has 0 unspecified atom stereocenters. The zero-order valence-electron chi connectivity index (χ0n) is 14.5. The molecular formula is C20H21FNNaO3. The first-order valence-electron chi connectivity index (χ1n) is 8.16. The predicted molar refractivity (Wildman–Crippen MR) is 104 cm³/mol. The van der Waals surface area contributed by atoms with Crippen LogP contribution in [0.25, 0.3) is 22.0 Å². The van der Waals surface area contributed by atoms with Crippen molar-refractivity contribution in [2.75, 3.05) is 13.7 Å². The first-order chi connectivity index (χ1) is 12.1. The van der Waals surface area contributed by atoms with E-state index in [1.54, 1.807) is 55.3 Å². The van der Waals surface area contributed by atoms with E-state index >= 15 is 0 Å². The van der Waals surface area contributed by atoms with Crippen LogP contribution in [0.4, 0.5) is 4.39 Å². The number of rotatable bonds is 5. The van der Waals surface area contributed by atoms with Crippen molar-refractivity contribution in [1.82, 2.24) is 4.57 Å². The summed E-state index contributed by atoms with van der Waals surface area (Å²) < 4.78 is 27.0. The van der Waals surface area contributed by atoms with Gasteiger partial charge in [0.05, 0.1) is 24.6 Å². The molecule has 2 aromatic carbocycles. The second-order valence-electron chi connectivity index (χ2n) is 5.83. The van der Waals surface area contributed by atoms with Gasteiger partial charge in [0.1, 0.15) is 17.3 Å². The Hall–Kier alpha value is -1.82. The molecule has 1 aromatic heterocycles. The number of methoxy groups -OCH3 is 1. The fraction of sp³-hybridized carbons (Fsp3) is 0.250. The number of ether oxygens (including phenoxy) is 2. The fourth-order valence-corrected chi connectivity index (χ4v) is 2.87. The van der Waals surface area contributed by atoms with Crippen LogP contribution in [0.3, 0.4) is 0 Å². The number of hydrogen-bond donors (Lipinski definition) is 0. The Kier molecular flexibility index (Phi) is 6.87. The molecule has 0 aliphatic rings. The van der Waals surface area contributed by atoms with E-state index < -0.39 is 5.82 Å². The van der Waals surface area contributed by atoms with Gasteiger partial charge in [-0.15, -0.1) is 0 Å². The van der Waals surface area contributed by atoms with E-state index in [0.29, 0.717) is 34.7 Å². The maximum absolute atomic E-state index is 14.5. The Balaban J connectivity index is 0.00000243. The van der Waals surface area contributed by atoms with Gasteiger partial charge in [-0.1, -0.05) is 19.1 Å². The van der Waals surface area contributed by atoms with E-state index in [-0.39, 0.29) is 40.4 Å². The molecule has 0 aliphatic heterocycles. The van der Waals surface area contributed by atoms with Crippen LogP contribution in [-0.2, 0) is 7.05 Å². The molecule has 0 N–H and O–H groups in total. The molecule has 0 spiro atoms. The SMILES string of the molecule is CCCOc1ccc(F)c2c(=O)c(-c3ccc(OC)cc3)cn(C)c12.[NaH]. The molecule has 0 radical (unpaired) electrons. The normalized spacial score (nSPS) is 10.5. The van der Waals surface area contributed by atoms with Crippen LogP contribution < -0.4 is 14.9 Å². The van der Waals surface area contributed by atoms with Gasteiger partial charge in [-0.3, -0.25) is 4.79 Å². The van der Waals surface area contributed by atoms with Crippen molar-refractivity contribution in [3.63, 3.8) is 0 Å². The zero-order valence-corrected chi connectivity index (χ0v) is 14.5. The van der Waals surface area contributed by atoms with E-state index in [1.165, 1.54) is 6.07 Å². The Labute approximate surface area is 173 Å². The summed E-state index contributed by atoms with van der Waals surface area (Å²) in [4.78, 5) is 12.9. The molecule has 132 valence electrons. The molecule has 0 saturated carbocycles. The third kappa shape index (κ3) is 3.80. The van der Waals surface area contributed by atoms with Crippen molar-refractivity contribution in [3.05, 3.63) is 58.6 Å². The quantitative estimate of drug-likeness (QED) is 0.650. The number of halogens is 1. The zero-order chi connectivity index (χ0) is 18.0. The van der Waals surface area contributed by atoms with Gasteiger partial charge in [0.15, 0.2) is 5.43 Å². The van der Waals surface area contributed by atoms with E-state index in [0.717, 1.165) is 6.42 Å². The summed E-state index contributed by atoms with van der Waals surface area (Å²) in [6.07, 6.45) is 2.54. The van der Waals surface area contributed by atoms with Crippen molar-refractivity contribution < 1.29 is 13.9 Å². The van der Waals surface area contributed by atoms with Gasteiger partial charge >= 0.3 is 29.6 Å². The van der Waals surface area contributed by atoms with Gasteiger partial charge in [-0.2, -0.15) is 0 Å². The molecule has 0 atom stereocenters. The average molecular weight is 365 g/mol. The summed E-state index contributed by atoms with van der Waals surface area (Å²) in [7, 11) is 3.37. The molecule has 4 nitrogen and oxygen atoms in total. The number of aryl methyl sites for hydroxylation is 1. The first-order valence-corrected chi connectivity index (χ1v) is 8.16. The second-order valence-corrected chi connectivity index (χ2v) is 5.83. The number of aromatic nitrogens is 1. The minimum absolute atomic E-state index is 0. The van der Waals surface area contributed by atoms with Gasteiger partial charge < -0.3 is 14.0 Å². The number of hydrogen-bond acceptors (Lipinski definition) is 3. The molecule has 0 aliphatic carbocycles. The van der Waals surface area contributed by atoms with E-state index in [2.05, 4.69) is 0 Å². The summed E-state index contributed by atoms with van der Waals surface area (Å²) in [6.45, 7) is 2.50. The Bertz CT molecular complexity index is 967. The monoisotopic (exact) mass is 365 g/mol. The Morgan fingerprint density at radius 3 is 2.42 bits per heavy atom. The summed E-state index contributed by atoms with van der Waals surface area (Å²) in [5.41, 5.74) is 1.26. The number of nitrogens with zero attached hydrogens (tertiary/aromatic N) is 1. The van der Waals surface area contributed by atoms with Gasteiger partial charge in [-0.25, -0.2) is 4.39 Å². The van der Waals surface area contributed by atoms with Gasteiger partial charge in [0.2, 0.25) is 0 Å². The van der Waals surface area contributed by atoms with Crippen molar-refractivity contribution in [1.29, 1.82) is 0 Å². The van der Waals surface area contributed by atoms with E-state index in [1.807, 2.05) is 6.92 Å².